The molecule has 0 fully saturated rings. The van der Waals surface area contributed by atoms with Crippen LogP contribution < -0.4 is 4.74 Å². The fraction of sp³-hybridized carbons (Fsp3) is 0.545. The molecule has 0 aromatic heterocycles. The predicted octanol–water partition coefficient (Wildman–Crippen LogP) is 4.82. The number of hydrogen-bond donors (Lipinski definition) is 4. The van der Waals surface area contributed by atoms with Crippen molar-refractivity contribution in [1.82, 2.24) is 0 Å². The van der Waals surface area contributed by atoms with E-state index in [0.29, 0.717) is 0 Å². The number of non-ortho nitro benzene ring substituents is 1. The van der Waals surface area contributed by atoms with E-state index < -0.39 is 38.7 Å². The highest BCUT2D eigenvalue weighted by atomic mass is 79.9. The Morgan fingerprint density at radius 1 is 0.857 bits per heavy atom. The second kappa shape index (κ2) is 18.2. The quantitative estimate of drug-likeness (QED) is 0.138. The summed E-state index contributed by atoms with van der Waals surface area (Å²) in [6.45, 7) is 10.6. The van der Waals surface area contributed by atoms with E-state index in [-0.39, 0.29) is 11.4 Å². The molecule has 0 unspecified atom stereocenters. The molecule has 12 nitrogen and oxygen atoms in total. The summed E-state index contributed by atoms with van der Waals surface area (Å²) < 4.78 is 2.96. The minimum absolute atomic E-state index is 0.212. The summed E-state index contributed by atoms with van der Waals surface area (Å²) in [4.78, 5) is 51.6. The van der Waals surface area contributed by atoms with Crippen molar-refractivity contribution in [3.63, 3.8) is 0 Å². The fourth-order valence-electron chi connectivity index (χ4n) is 1.17. The SMILES string of the molecule is CC(Br)(C(=O)O)C(=O)O.CC(Oc1cccc([N+](=O)[O-])c1)(C(=O)O)C(=O)O.CCCC.CCCC. The standard InChI is InChI=1S/C10H9NO7.C4H5BrO4.2C4H10/c1-10(8(12)13,9(14)15)18-7-4-2-3-6(5-7)11(16)17;1-4(5,2(6)7)3(8)9;2*1-3-4-2/h2-5H,1H3,(H,12,13)(H,14,15);1H3,(H,6,7)(H,8,9);2*3-4H2,1-2H3. The van der Waals surface area contributed by atoms with Gasteiger partial charge in [0.05, 0.1) is 11.0 Å². The van der Waals surface area contributed by atoms with Crippen molar-refractivity contribution in [2.24, 2.45) is 0 Å². The third-order valence-electron chi connectivity index (χ3n) is 3.97. The molecule has 0 saturated carbocycles. The Kier molecular flexibility index (Phi) is 18.9. The number of unbranched alkanes of at least 4 members (excludes halogenated alkanes) is 2. The van der Waals surface area contributed by atoms with Gasteiger partial charge in [-0.1, -0.05) is 75.4 Å². The lowest BCUT2D eigenvalue weighted by molar-refractivity contribution is -0.385. The Labute approximate surface area is 212 Å². The van der Waals surface area contributed by atoms with E-state index in [0.717, 1.165) is 19.9 Å². The van der Waals surface area contributed by atoms with Crippen LogP contribution in [0.25, 0.3) is 0 Å². The number of ether oxygens (including phenoxy) is 1. The molecule has 0 aliphatic heterocycles. The highest BCUT2D eigenvalue weighted by molar-refractivity contribution is 9.10. The third-order valence-corrected chi connectivity index (χ3v) is 4.65. The molecule has 1 aromatic carbocycles. The number of carboxylic acids is 4. The van der Waals surface area contributed by atoms with Crippen molar-refractivity contribution in [1.29, 1.82) is 0 Å². The summed E-state index contributed by atoms with van der Waals surface area (Å²) in [6.07, 6.45) is 5.28. The maximum Gasteiger partial charge on any atom is 0.359 e. The molecule has 0 atom stereocenters. The van der Waals surface area contributed by atoms with Crippen LogP contribution in [-0.2, 0) is 19.2 Å². The number of nitrogens with zero attached hydrogens (tertiary/aromatic N) is 1. The molecular weight excluding hydrogens is 534 g/mol. The first-order valence-corrected chi connectivity index (χ1v) is 11.3. The Bertz CT molecular complexity index is 802. The van der Waals surface area contributed by atoms with Gasteiger partial charge in [-0.2, -0.15) is 0 Å². The first-order valence-electron chi connectivity index (χ1n) is 10.5. The lowest BCUT2D eigenvalue weighted by Gasteiger charge is -2.21. The maximum atomic E-state index is 10.8. The van der Waals surface area contributed by atoms with Crippen LogP contribution >= 0.6 is 15.9 Å². The van der Waals surface area contributed by atoms with Crippen LogP contribution in [0.1, 0.15) is 67.2 Å². The van der Waals surface area contributed by atoms with Crippen molar-refractivity contribution < 1.29 is 49.3 Å². The van der Waals surface area contributed by atoms with Crippen LogP contribution in [0, 0.1) is 10.1 Å². The Balaban J connectivity index is -0.000000499. The van der Waals surface area contributed by atoms with Gasteiger partial charge >= 0.3 is 23.9 Å². The van der Waals surface area contributed by atoms with Gasteiger partial charge in [-0.15, -0.1) is 0 Å². The minimum Gasteiger partial charge on any atom is -0.480 e. The molecule has 0 spiro atoms. The average Bonchev–Trinajstić information content (AvgIpc) is 2.79. The molecule has 200 valence electrons. The van der Waals surface area contributed by atoms with Gasteiger partial charge in [0.1, 0.15) is 5.75 Å². The smallest absolute Gasteiger partial charge is 0.359 e. The average molecular weight is 568 g/mol. The number of carbonyl (C=O) groups is 4. The lowest BCUT2D eigenvalue weighted by atomic mass is 10.1. The molecule has 0 aliphatic rings. The third kappa shape index (κ3) is 14.6. The van der Waals surface area contributed by atoms with Crippen molar-refractivity contribution in [3.05, 3.63) is 34.4 Å². The van der Waals surface area contributed by atoms with Gasteiger partial charge in [0.25, 0.3) is 11.3 Å². The highest BCUT2D eigenvalue weighted by Gasteiger charge is 2.44. The number of halogens is 1. The molecule has 35 heavy (non-hydrogen) atoms. The fourth-order valence-corrected chi connectivity index (χ4v) is 1.17. The van der Waals surface area contributed by atoms with Crippen molar-refractivity contribution in [2.75, 3.05) is 0 Å². The summed E-state index contributed by atoms with van der Waals surface area (Å²) in [5.74, 6) is -6.44. The van der Waals surface area contributed by atoms with E-state index in [1.54, 1.807) is 0 Å². The molecular formula is C22H34BrNO11. The summed E-state index contributed by atoms with van der Waals surface area (Å²) in [6, 6.07) is 4.62. The van der Waals surface area contributed by atoms with Crippen LogP contribution in [0.2, 0.25) is 0 Å². The number of nitro benzene ring substituents is 1. The van der Waals surface area contributed by atoms with Gasteiger partial charge in [-0.25, -0.2) is 9.59 Å². The second-order valence-electron chi connectivity index (χ2n) is 7.11. The number of hydrogen-bond acceptors (Lipinski definition) is 7. The molecule has 0 heterocycles. The second-order valence-corrected chi connectivity index (χ2v) is 8.70. The Morgan fingerprint density at radius 2 is 1.23 bits per heavy atom. The Hall–Kier alpha value is -3.22. The molecule has 0 radical (unpaired) electrons. The molecule has 4 N–H and O–H groups in total. The van der Waals surface area contributed by atoms with Gasteiger partial charge in [0.15, 0.2) is 0 Å². The number of aliphatic carboxylic acids is 4. The van der Waals surface area contributed by atoms with Crippen LogP contribution in [-0.4, -0.2) is 59.2 Å². The van der Waals surface area contributed by atoms with Crippen LogP contribution in [0.4, 0.5) is 5.69 Å². The molecule has 1 rings (SSSR count). The van der Waals surface area contributed by atoms with E-state index in [2.05, 4.69) is 43.6 Å². The molecule has 13 heteroatoms. The zero-order chi connectivity index (χ0) is 28.4. The summed E-state index contributed by atoms with van der Waals surface area (Å²) in [7, 11) is 0. The largest absolute Gasteiger partial charge is 0.480 e. The van der Waals surface area contributed by atoms with Gasteiger partial charge in [-0.3, -0.25) is 19.7 Å². The number of carboxylic acid groups (broad SMARTS) is 4. The molecule has 1 aromatic rings. The topological polar surface area (TPSA) is 202 Å². The summed E-state index contributed by atoms with van der Waals surface area (Å²) in [5, 5.41) is 44.5. The van der Waals surface area contributed by atoms with Crippen LogP contribution in [0.5, 0.6) is 5.75 Å². The Morgan fingerprint density at radius 3 is 1.46 bits per heavy atom. The maximum absolute atomic E-state index is 10.8. The molecule has 0 aliphatic carbocycles. The zero-order valence-electron chi connectivity index (χ0n) is 20.6. The zero-order valence-corrected chi connectivity index (χ0v) is 22.2. The van der Waals surface area contributed by atoms with E-state index >= 15 is 0 Å². The predicted molar refractivity (Wildman–Crippen MR) is 131 cm³/mol. The normalized spacial score (nSPS) is 10.0. The van der Waals surface area contributed by atoms with E-state index in [9.17, 15) is 29.3 Å². The summed E-state index contributed by atoms with van der Waals surface area (Å²) in [5.41, 5.74) is -2.83. The number of alkyl halides is 1. The minimum atomic E-state index is -2.50. The van der Waals surface area contributed by atoms with Gasteiger partial charge in [0.2, 0.25) is 4.32 Å². The van der Waals surface area contributed by atoms with Crippen molar-refractivity contribution in [3.8, 4) is 5.75 Å². The van der Waals surface area contributed by atoms with E-state index in [1.165, 1.54) is 43.9 Å². The van der Waals surface area contributed by atoms with E-state index in [1.807, 2.05) is 0 Å². The number of benzene rings is 1. The lowest BCUT2D eigenvalue weighted by Crippen LogP contribution is -2.49. The number of nitro groups is 1. The molecule has 0 amide bonds. The van der Waals surface area contributed by atoms with Gasteiger partial charge in [-0.05, 0) is 19.9 Å². The van der Waals surface area contributed by atoms with Gasteiger partial charge < -0.3 is 25.2 Å². The van der Waals surface area contributed by atoms with Gasteiger partial charge in [0, 0.05) is 6.07 Å². The molecule has 0 saturated heterocycles. The first-order chi connectivity index (χ1) is 16.0. The molecule has 0 bridgehead atoms. The van der Waals surface area contributed by atoms with Crippen LogP contribution in [0.15, 0.2) is 24.3 Å². The monoisotopic (exact) mass is 567 g/mol. The van der Waals surface area contributed by atoms with Crippen LogP contribution in [0.3, 0.4) is 0 Å². The first kappa shape index (κ1) is 36.4. The van der Waals surface area contributed by atoms with Crippen molar-refractivity contribution in [2.45, 2.75) is 77.2 Å². The number of rotatable bonds is 9. The van der Waals surface area contributed by atoms with Crippen molar-refractivity contribution >= 4 is 45.5 Å². The van der Waals surface area contributed by atoms with E-state index in [4.69, 9.17) is 25.2 Å². The highest BCUT2D eigenvalue weighted by Crippen LogP contribution is 2.24. The summed E-state index contributed by atoms with van der Waals surface area (Å²) >= 11 is 2.51.